The summed E-state index contributed by atoms with van der Waals surface area (Å²) in [6.07, 6.45) is 13.9. The Morgan fingerprint density at radius 3 is 2.70 bits per heavy atom. The van der Waals surface area contributed by atoms with Crippen molar-refractivity contribution in [2.24, 2.45) is 5.92 Å². The van der Waals surface area contributed by atoms with Crippen molar-refractivity contribution in [2.45, 2.75) is 64.3 Å². The summed E-state index contributed by atoms with van der Waals surface area (Å²) in [5, 5.41) is 5.99. The molecule has 2 heterocycles. The Morgan fingerprint density at radius 2 is 2.12 bits per heavy atom. The maximum absolute atomic E-state index is 11.9. The number of hydrogen-bond donors (Lipinski definition) is 2. The zero-order valence-corrected chi connectivity index (χ0v) is 20.1. The zero-order chi connectivity index (χ0) is 24.1. The van der Waals surface area contributed by atoms with Crippen molar-refractivity contribution in [3.05, 3.63) is 48.1 Å². The highest BCUT2D eigenvalue weighted by atomic mass is 16.5. The van der Waals surface area contributed by atoms with E-state index in [1.54, 1.807) is 0 Å². The normalized spacial score (nSPS) is 21.3. The first-order valence-electron chi connectivity index (χ1n) is 11.6. The van der Waals surface area contributed by atoms with E-state index in [1.165, 1.54) is 25.0 Å². The van der Waals surface area contributed by atoms with E-state index in [2.05, 4.69) is 53.2 Å². The molecule has 0 radical (unpaired) electrons. The standard InChI is InChI=1S/C16H15N3O2.C9H20BNO/c20-12-14(10-13-6-4-2-1-3-5-7-13)19-16(21)15-11-17-8-9-18-15;1-7(2)5-9(11-4)10-8(3)6-12-10/h4,6-9,11-12,14H,2,5,10H2,(H,19,21);7-9,11H,5-6H2,1-4H3/b6-4-,13-7+;/t;8?,9-/m.0/s1. The van der Waals surface area contributed by atoms with Gasteiger partial charge in [-0.25, -0.2) is 4.98 Å². The largest absolute Gasteiger partial charge is 0.434 e. The first-order valence-corrected chi connectivity index (χ1v) is 11.6. The number of nitrogens with zero attached hydrogens (tertiary/aromatic N) is 2. The number of allylic oxidation sites excluding steroid dienone is 3. The number of rotatable bonds is 9. The van der Waals surface area contributed by atoms with Crippen LogP contribution in [-0.4, -0.2) is 54.7 Å². The van der Waals surface area contributed by atoms with Crippen molar-refractivity contribution in [3.63, 3.8) is 0 Å². The van der Waals surface area contributed by atoms with Gasteiger partial charge in [0.2, 0.25) is 0 Å². The second-order valence-electron chi connectivity index (χ2n) is 8.75. The third-order valence-electron chi connectivity index (χ3n) is 5.48. The van der Waals surface area contributed by atoms with Gasteiger partial charge in [-0.15, -0.1) is 0 Å². The minimum Gasteiger partial charge on any atom is -0.434 e. The third-order valence-corrected chi connectivity index (χ3v) is 5.48. The maximum atomic E-state index is 11.9. The van der Waals surface area contributed by atoms with Crippen molar-refractivity contribution in [3.8, 4) is 11.8 Å². The molecular formula is C25H35BN4O3. The molecule has 7 nitrogen and oxygen atoms in total. The van der Waals surface area contributed by atoms with Crippen LogP contribution in [-0.2, 0) is 9.45 Å². The summed E-state index contributed by atoms with van der Waals surface area (Å²) in [5.41, 5.74) is 1.18. The molecule has 1 amide bonds. The Morgan fingerprint density at radius 1 is 1.33 bits per heavy atom. The van der Waals surface area contributed by atoms with E-state index in [-0.39, 0.29) is 5.69 Å². The average molecular weight is 450 g/mol. The van der Waals surface area contributed by atoms with Crippen LogP contribution in [0.5, 0.6) is 0 Å². The van der Waals surface area contributed by atoms with E-state index in [1.807, 2.05) is 25.3 Å². The molecule has 2 unspecified atom stereocenters. The number of nitrogens with one attached hydrogen (secondary N) is 2. The van der Waals surface area contributed by atoms with Crippen LogP contribution >= 0.6 is 0 Å². The lowest BCUT2D eigenvalue weighted by Gasteiger charge is -2.37. The fourth-order valence-corrected chi connectivity index (χ4v) is 3.70. The smallest absolute Gasteiger partial charge is 0.315 e. The summed E-state index contributed by atoms with van der Waals surface area (Å²) < 4.78 is 5.53. The molecule has 1 aromatic heterocycles. The molecule has 3 rings (SSSR count). The van der Waals surface area contributed by atoms with Gasteiger partial charge in [0, 0.05) is 37.8 Å². The Kier molecular flexibility index (Phi) is 11.6. The molecule has 0 saturated carbocycles. The van der Waals surface area contributed by atoms with Gasteiger partial charge in [-0.05, 0) is 37.2 Å². The van der Waals surface area contributed by atoms with Crippen LogP contribution in [0.3, 0.4) is 0 Å². The lowest BCUT2D eigenvalue weighted by Crippen LogP contribution is -2.53. The quantitative estimate of drug-likeness (QED) is 0.341. The number of carbonyl (C=O) groups excluding carboxylic acids is 2. The molecule has 1 saturated heterocycles. The van der Waals surface area contributed by atoms with Gasteiger partial charge < -0.3 is 20.1 Å². The minimum absolute atomic E-state index is 0.192. The van der Waals surface area contributed by atoms with Crippen molar-refractivity contribution < 1.29 is 14.2 Å². The molecule has 8 heteroatoms. The summed E-state index contributed by atoms with van der Waals surface area (Å²) in [6, 6.07) is -0.595. The predicted molar refractivity (Wildman–Crippen MR) is 132 cm³/mol. The van der Waals surface area contributed by atoms with Crippen LogP contribution in [0.1, 0.15) is 56.9 Å². The molecule has 2 N–H and O–H groups in total. The molecule has 1 fully saturated rings. The second-order valence-corrected chi connectivity index (χ2v) is 8.75. The van der Waals surface area contributed by atoms with Crippen molar-refractivity contribution in [1.29, 1.82) is 0 Å². The van der Waals surface area contributed by atoms with Crippen LogP contribution in [0.15, 0.2) is 42.4 Å². The average Bonchev–Trinajstić information content (AvgIpc) is 2.79. The highest BCUT2D eigenvalue weighted by Gasteiger charge is 2.39. The lowest BCUT2D eigenvalue weighted by molar-refractivity contribution is -0.109. The molecule has 1 aliphatic heterocycles. The van der Waals surface area contributed by atoms with E-state index in [0.29, 0.717) is 32.1 Å². The minimum atomic E-state index is -0.595. The van der Waals surface area contributed by atoms with Crippen LogP contribution in [0.2, 0.25) is 5.82 Å². The monoisotopic (exact) mass is 450 g/mol. The second kappa shape index (κ2) is 14.4. The highest BCUT2D eigenvalue weighted by molar-refractivity contribution is 6.57. The van der Waals surface area contributed by atoms with Crippen LogP contribution in [0.4, 0.5) is 0 Å². The van der Waals surface area contributed by atoms with E-state index in [0.717, 1.165) is 30.2 Å². The summed E-state index contributed by atoms with van der Waals surface area (Å²) in [4.78, 5) is 30.8. The number of amides is 1. The summed E-state index contributed by atoms with van der Waals surface area (Å²) in [5.74, 6) is 7.63. The number of aldehydes is 1. The van der Waals surface area contributed by atoms with Gasteiger partial charge in [-0.2, -0.15) is 0 Å². The summed E-state index contributed by atoms with van der Waals surface area (Å²) in [6.45, 7) is 8.18. The first kappa shape index (κ1) is 26.5. The molecule has 3 atom stereocenters. The fraction of sp³-hybridized carbons (Fsp3) is 0.520. The van der Waals surface area contributed by atoms with Crippen LogP contribution in [0, 0.1) is 17.8 Å². The first-order chi connectivity index (χ1) is 15.9. The van der Waals surface area contributed by atoms with Gasteiger partial charge >= 0.3 is 6.92 Å². The van der Waals surface area contributed by atoms with E-state index in [4.69, 9.17) is 4.65 Å². The molecular weight excluding hydrogens is 415 g/mol. The van der Waals surface area contributed by atoms with Crippen molar-refractivity contribution in [1.82, 2.24) is 20.6 Å². The van der Waals surface area contributed by atoms with Gasteiger partial charge in [-0.1, -0.05) is 50.8 Å². The lowest BCUT2D eigenvalue weighted by atomic mass is 9.45. The van der Waals surface area contributed by atoms with Crippen molar-refractivity contribution in [2.75, 3.05) is 13.7 Å². The topological polar surface area (TPSA) is 93.2 Å². The fourth-order valence-electron chi connectivity index (χ4n) is 3.70. The SMILES string of the molecule is CN[C@@H](CC(C)C)B1OCC1C.O=CC(CC1=C/CC#CC/C=C\1)NC(=O)c1cnccn1. The highest BCUT2D eigenvalue weighted by Crippen LogP contribution is 2.26. The zero-order valence-electron chi connectivity index (χ0n) is 20.1. The summed E-state index contributed by atoms with van der Waals surface area (Å²) >= 11 is 0. The van der Waals surface area contributed by atoms with Gasteiger partial charge in [0.05, 0.1) is 12.2 Å². The van der Waals surface area contributed by atoms with E-state index >= 15 is 0 Å². The van der Waals surface area contributed by atoms with Gasteiger partial charge in [0.15, 0.2) is 0 Å². The van der Waals surface area contributed by atoms with Gasteiger partial charge in [-0.3, -0.25) is 9.78 Å². The van der Waals surface area contributed by atoms with E-state index < -0.39 is 11.9 Å². The third kappa shape index (κ3) is 9.33. The maximum Gasteiger partial charge on any atom is 0.315 e. The molecule has 1 aliphatic carbocycles. The van der Waals surface area contributed by atoms with Gasteiger partial charge in [0.1, 0.15) is 12.0 Å². The predicted octanol–water partition coefficient (Wildman–Crippen LogP) is 3.02. The Balaban J connectivity index is 0.000000273. The van der Waals surface area contributed by atoms with Crippen molar-refractivity contribution >= 4 is 19.1 Å². The molecule has 0 bridgehead atoms. The molecule has 2 aliphatic rings. The van der Waals surface area contributed by atoms with E-state index in [9.17, 15) is 9.59 Å². The molecule has 176 valence electrons. The number of hydrogen-bond acceptors (Lipinski definition) is 6. The summed E-state index contributed by atoms with van der Waals surface area (Å²) in [7, 11) is 2.03. The Hall–Kier alpha value is -2.76. The number of carbonyl (C=O) groups is 2. The van der Waals surface area contributed by atoms with Crippen LogP contribution in [0.25, 0.3) is 0 Å². The van der Waals surface area contributed by atoms with Gasteiger partial charge in [0.25, 0.3) is 5.91 Å². The van der Waals surface area contributed by atoms with Crippen LogP contribution < -0.4 is 10.6 Å². The Bertz CT molecular complexity index is 877. The molecule has 33 heavy (non-hydrogen) atoms. The molecule has 0 aromatic carbocycles. The number of aromatic nitrogens is 2. The Labute approximate surface area is 198 Å². The molecule has 0 spiro atoms. The molecule has 1 aromatic rings.